The molecule has 8 nitrogen and oxygen atoms in total. The van der Waals surface area contributed by atoms with Crippen LogP contribution in [0.1, 0.15) is 29.6 Å². The molecule has 0 unspecified atom stereocenters. The van der Waals surface area contributed by atoms with Gasteiger partial charge < -0.3 is 0 Å². The number of aromatic nitrogens is 3. The maximum atomic E-state index is 12.7. The van der Waals surface area contributed by atoms with Crippen molar-refractivity contribution in [3.05, 3.63) is 54.4 Å². The molecule has 1 saturated heterocycles. The van der Waals surface area contributed by atoms with E-state index in [0.29, 0.717) is 28.8 Å². The van der Waals surface area contributed by atoms with Crippen LogP contribution in [0.15, 0.2) is 53.7 Å². The molecule has 1 aliphatic rings. The summed E-state index contributed by atoms with van der Waals surface area (Å²) in [4.78, 5) is 16.7. The maximum absolute atomic E-state index is 12.7. The highest BCUT2D eigenvalue weighted by atomic mass is 32.2. The first-order valence-corrected chi connectivity index (χ1v) is 11.5. The average molecular weight is 430 g/mol. The SMILES string of the molecule is O=C(Nc1nnc(-c2cccnc2)s1)c1ccc(S(=O)(=O)N2CCCCC2)cc1. The Morgan fingerprint density at radius 3 is 2.48 bits per heavy atom. The molecule has 0 saturated carbocycles. The van der Waals surface area contributed by atoms with Crippen molar-refractivity contribution in [1.82, 2.24) is 19.5 Å². The number of pyridine rings is 1. The van der Waals surface area contributed by atoms with Gasteiger partial charge in [0.1, 0.15) is 0 Å². The van der Waals surface area contributed by atoms with Crippen LogP contribution in [-0.2, 0) is 10.0 Å². The third-order valence-electron chi connectivity index (χ3n) is 4.62. The van der Waals surface area contributed by atoms with E-state index in [1.54, 1.807) is 18.5 Å². The summed E-state index contributed by atoms with van der Waals surface area (Å²) < 4.78 is 26.9. The smallest absolute Gasteiger partial charge is 0.257 e. The lowest BCUT2D eigenvalue weighted by Gasteiger charge is -2.25. The number of nitrogens with zero attached hydrogens (tertiary/aromatic N) is 4. The fourth-order valence-electron chi connectivity index (χ4n) is 3.08. The summed E-state index contributed by atoms with van der Waals surface area (Å²) in [6, 6.07) is 9.62. The van der Waals surface area contributed by atoms with E-state index < -0.39 is 10.0 Å². The number of carbonyl (C=O) groups is 1. The van der Waals surface area contributed by atoms with Crippen molar-refractivity contribution in [2.45, 2.75) is 24.2 Å². The zero-order valence-corrected chi connectivity index (χ0v) is 17.1. The molecule has 1 aliphatic heterocycles. The van der Waals surface area contributed by atoms with Crippen LogP contribution >= 0.6 is 11.3 Å². The molecule has 1 fully saturated rings. The molecular formula is C19H19N5O3S2. The van der Waals surface area contributed by atoms with Gasteiger partial charge in [0.2, 0.25) is 15.2 Å². The van der Waals surface area contributed by atoms with E-state index in [2.05, 4.69) is 20.5 Å². The summed E-state index contributed by atoms with van der Waals surface area (Å²) >= 11 is 1.24. The fourth-order valence-corrected chi connectivity index (χ4v) is 5.33. The normalized spacial score (nSPS) is 15.2. The van der Waals surface area contributed by atoms with E-state index in [1.165, 1.54) is 39.9 Å². The number of benzene rings is 1. The number of piperidine rings is 1. The Morgan fingerprint density at radius 2 is 1.79 bits per heavy atom. The molecule has 4 rings (SSSR count). The molecule has 0 aliphatic carbocycles. The second-order valence-electron chi connectivity index (χ2n) is 6.60. The Hall–Kier alpha value is -2.69. The lowest BCUT2D eigenvalue weighted by atomic mass is 10.2. The first kappa shape index (κ1) is 19.6. The first-order valence-electron chi connectivity index (χ1n) is 9.19. The van der Waals surface area contributed by atoms with Gasteiger partial charge in [-0.1, -0.05) is 17.8 Å². The fraction of sp³-hybridized carbons (Fsp3) is 0.263. The highest BCUT2D eigenvalue weighted by molar-refractivity contribution is 7.89. The van der Waals surface area contributed by atoms with Crippen molar-refractivity contribution in [2.24, 2.45) is 0 Å². The van der Waals surface area contributed by atoms with Crippen LogP contribution in [0.5, 0.6) is 0 Å². The quantitative estimate of drug-likeness (QED) is 0.668. The second kappa shape index (κ2) is 8.36. The minimum Gasteiger partial charge on any atom is -0.296 e. The van der Waals surface area contributed by atoms with Crippen molar-refractivity contribution < 1.29 is 13.2 Å². The van der Waals surface area contributed by atoms with Crippen LogP contribution in [0.4, 0.5) is 5.13 Å². The molecule has 0 atom stereocenters. The number of anilines is 1. The molecule has 1 aromatic carbocycles. The monoisotopic (exact) mass is 429 g/mol. The second-order valence-corrected chi connectivity index (χ2v) is 9.51. The van der Waals surface area contributed by atoms with Gasteiger partial charge in [0.05, 0.1) is 4.90 Å². The van der Waals surface area contributed by atoms with Gasteiger partial charge in [-0.15, -0.1) is 10.2 Å². The number of amides is 1. The predicted molar refractivity (Wildman–Crippen MR) is 110 cm³/mol. The number of carbonyl (C=O) groups excluding carboxylic acids is 1. The topological polar surface area (TPSA) is 105 Å². The Labute approximate surface area is 172 Å². The summed E-state index contributed by atoms with van der Waals surface area (Å²) in [5, 5.41) is 11.7. The van der Waals surface area contributed by atoms with Crippen molar-refractivity contribution in [1.29, 1.82) is 0 Å². The van der Waals surface area contributed by atoms with Crippen molar-refractivity contribution in [3.8, 4) is 10.6 Å². The molecule has 3 heterocycles. The number of sulfonamides is 1. The number of nitrogens with one attached hydrogen (secondary N) is 1. The summed E-state index contributed by atoms with van der Waals surface area (Å²) in [5.74, 6) is -0.374. The molecule has 2 aromatic heterocycles. The number of hydrogen-bond donors (Lipinski definition) is 1. The van der Waals surface area contributed by atoms with Gasteiger partial charge in [0, 0.05) is 36.6 Å². The van der Waals surface area contributed by atoms with Gasteiger partial charge in [0.25, 0.3) is 5.91 Å². The van der Waals surface area contributed by atoms with Gasteiger partial charge in [-0.3, -0.25) is 15.1 Å². The number of rotatable bonds is 5. The van der Waals surface area contributed by atoms with Crippen LogP contribution in [0.3, 0.4) is 0 Å². The van der Waals surface area contributed by atoms with Crippen molar-refractivity contribution >= 4 is 32.4 Å². The summed E-state index contributed by atoms with van der Waals surface area (Å²) in [6.07, 6.45) is 6.15. The lowest BCUT2D eigenvalue weighted by Crippen LogP contribution is -2.35. The Bertz CT molecular complexity index is 1090. The largest absolute Gasteiger partial charge is 0.296 e. The molecule has 10 heteroatoms. The van der Waals surface area contributed by atoms with Crippen LogP contribution in [0.2, 0.25) is 0 Å². The molecule has 0 bridgehead atoms. The lowest BCUT2D eigenvalue weighted by molar-refractivity contribution is 0.102. The van der Waals surface area contributed by atoms with Gasteiger partial charge in [0.15, 0.2) is 5.01 Å². The van der Waals surface area contributed by atoms with Gasteiger partial charge in [-0.25, -0.2) is 8.42 Å². The average Bonchev–Trinajstić information content (AvgIpc) is 3.23. The highest BCUT2D eigenvalue weighted by Gasteiger charge is 2.26. The molecule has 1 N–H and O–H groups in total. The minimum absolute atomic E-state index is 0.200. The molecular weight excluding hydrogens is 410 g/mol. The third kappa shape index (κ3) is 4.34. The molecule has 1 amide bonds. The zero-order valence-electron chi connectivity index (χ0n) is 15.5. The van der Waals surface area contributed by atoms with Crippen molar-refractivity contribution in [2.75, 3.05) is 18.4 Å². The highest BCUT2D eigenvalue weighted by Crippen LogP contribution is 2.26. The van der Waals surface area contributed by atoms with Crippen LogP contribution in [-0.4, -0.2) is 46.9 Å². The Morgan fingerprint density at radius 1 is 1.03 bits per heavy atom. The van der Waals surface area contributed by atoms with Gasteiger partial charge >= 0.3 is 0 Å². The Kier molecular flexibility index (Phi) is 5.65. The van der Waals surface area contributed by atoms with E-state index >= 15 is 0 Å². The van der Waals surface area contributed by atoms with Crippen LogP contribution < -0.4 is 5.32 Å². The van der Waals surface area contributed by atoms with E-state index in [9.17, 15) is 13.2 Å². The zero-order chi connectivity index (χ0) is 20.3. The Balaban J connectivity index is 1.45. The molecule has 29 heavy (non-hydrogen) atoms. The molecule has 0 spiro atoms. The van der Waals surface area contributed by atoms with E-state index in [0.717, 1.165) is 24.8 Å². The summed E-state index contributed by atoms with van der Waals surface area (Å²) in [6.45, 7) is 1.09. The van der Waals surface area contributed by atoms with E-state index in [1.807, 2.05) is 6.07 Å². The number of hydrogen-bond acceptors (Lipinski definition) is 7. The molecule has 3 aromatic rings. The standard InChI is InChI=1S/C19H19N5O3S2/c25-17(21-19-23-22-18(28-19)15-5-4-10-20-13-15)14-6-8-16(9-7-14)29(26,27)24-11-2-1-3-12-24/h4-10,13H,1-3,11-12H2,(H,21,23,25). The first-order chi connectivity index (χ1) is 14.0. The summed E-state index contributed by atoms with van der Waals surface area (Å²) in [7, 11) is -3.52. The van der Waals surface area contributed by atoms with Crippen molar-refractivity contribution in [3.63, 3.8) is 0 Å². The van der Waals surface area contributed by atoms with Crippen LogP contribution in [0.25, 0.3) is 10.6 Å². The van der Waals surface area contributed by atoms with Crippen LogP contribution in [0, 0.1) is 0 Å². The van der Waals surface area contributed by atoms with Gasteiger partial charge in [-0.05, 0) is 49.2 Å². The van der Waals surface area contributed by atoms with E-state index in [4.69, 9.17) is 0 Å². The minimum atomic E-state index is -3.52. The third-order valence-corrected chi connectivity index (χ3v) is 7.42. The molecule has 0 radical (unpaired) electrons. The maximum Gasteiger partial charge on any atom is 0.257 e. The molecule has 150 valence electrons. The summed E-state index contributed by atoms with van der Waals surface area (Å²) in [5.41, 5.74) is 1.17. The van der Waals surface area contributed by atoms with Gasteiger partial charge in [-0.2, -0.15) is 4.31 Å². The van der Waals surface area contributed by atoms with E-state index in [-0.39, 0.29) is 10.8 Å². The predicted octanol–water partition coefficient (Wildman–Crippen LogP) is 3.03.